The fourth-order valence-corrected chi connectivity index (χ4v) is 1.38. The molecule has 0 aromatic heterocycles. The van der Waals surface area contributed by atoms with Crippen LogP contribution in [-0.2, 0) is 6.42 Å². The molecule has 0 spiro atoms. The zero-order valence-electron chi connectivity index (χ0n) is 8.42. The lowest BCUT2D eigenvalue weighted by Gasteiger charge is -2.10. The first-order valence-electron chi connectivity index (χ1n) is 4.87. The van der Waals surface area contributed by atoms with Crippen molar-refractivity contribution >= 4 is 0 Å². The van der Waals surface area contributed by atoms with Crippen LogP contribution in [0.4, 0.5) is 8.78 Å². The van der Waals surface area contributed by atoms with E-state index in [0.717, 1.165) is 0 Å². The summed E-state index contributed by atoms with van der Waals surface area (Å²) >= 11 is 0. The molecule has 0 saturated heterocycles. The van der Waals surface area contributed by atoms with E-state index in [2.05, 4.69) is 6.58 Å². The molecular weight excluding hydrogens is 198 g/mol. The standard InChI is InChI=1S/C12H14F2O/c1-2-3-5-9(15)8-10-11(13)6-4-7-12(10)14/h2,4,6-7,9,15H,1,3,5,8H2. The lowest BCUT2D eigenvalue weighted by atomic mass is 10.0. The topological polar surface area (TPSA) is 20.2 Å². The van der Waals surface area contributed by atoms with Gasteiger partial charge in [-0.25, -0.2) is 8.78 Å². The zero-order chi connectivity index (χ0) is 11.3. The molecule has 82 valence electrons. The molecule has 0 amide bonds. The Balaban J connectivity index is 2.67. The predicted octanol–water partition coefficient (Wildman–Crippen LogP) is 2.83. The lowest BCUT2D eigenvalue weighted by Crippen LogP contribution is -2.12. The molecule has 0 radical (unpaired) electrons. The molecule has 1 aromatic rings. The second kappa shape index (κ2) is 5.61. The van der Waals surface area contributed by atoms with Gasteiger partial charge in [0, 0.05) is 12.0 Å². The highest BCUT2D eigenvalue weighted by atomic mass is 19.1. The Morgan fingerprint density at radius 2 is 1.93 bits per heavy atom. The maximum atomic E-state index is 13.2. The molecule has 1 aromatic carbocycles. The Morgan fingerprint density at radius 3 is 2.47 bits per heavy atom. The van der Waals surface area contributed by atoms with Crippen LogP contribution in [0.2, 0.25) is 0 Å². The minimum Gasteiger partial charge on any atom is -0.393 e. The molecular formula is C12H14F2O. The van der Waals surface area contributed by atoms with E-state index in [-0.39, 0.29) is 12.0 Å². The van der Waals surface area contributed by atoms with E-state index >= 15 is 0 Å². The van der Waals surface area contributed by atoms with Gasteiger partial charge in [-0.05, 0) is 25.0 Å². The Bertz CT molecular complexity index is 316. The van der Waals surface area contributed by atoms with Gasteiger partial charge in [0.1, 0.15) is 11.6 Å². The van der Waals surface area contributed by atoms with E-state index in [9.17, 15) is 13.9 Å². The molecule has 1 rings (SSSR count). The molecule has 15 heavy (non-hydrogen) atoms. The number of hydrogen-bond donors (Lipinski definition) is 1. The summed E-state index contributed by atoms with van der Waals surface area (Å²) in [7, 11) is 0. The third-order valence-corrected chi connectivity index (χ3v) is 2.21. The molecule has 3 heteroatoms. The summed E-state index contributed by atoms with van der Waals surface area (Å²) in [6.45, 7) is 3.52. The summed E-state index contributed by atoms with van der Waals surface area (Å²) < 4.78 is 26.3. The molecule has 1 unspecified atom stereocenters. The van der Waals surface area contributed by atoms with Crippen molar-refractivity contribution in [3.05, 3.63) is 48.1 Å². The van der Waals surface area contributed by atoms with Crippen molar-refractivity contribution < 1.29 is 13.9 Å². The van der Waals surface area contributed by atoms with Gasteiger partial charge in [-0.2, -0.15) is 0 Å². The van der Waals surface area contributed by atoms with E-state index in [1.807, 2.05) is 0 Å². The van der Waals surface area contributed by atoms with Crippen LogP contribution in [0.5, 0.6) is 0 Å². The largest absolute Gasteiger partial charge is 0.393 e. The van der Waals surface area contributed by atoms with E-state index in [1.165, 1.54) is 18.2 Å². The van der Waals surface area contributed by atoms with Gasteiger partial charge in [0.05, 0.1) is 6.10 Å². The van der Waals surface area contributed by atoms with Crippen LogP contribution < -0.4 is 0 Å². The first-order chi connectivity index (χ1) is 7.15. The average Bonchev–Trinajstić information content (AvgIpc) is 2.21. The molecule has 0 aliphatic heterocycles. The monoisotopic (exact) mass is 212 g/mol. The molecule has 0 aliphatic rings. The summed E-state index contributed by atoms with van der Waals surface area (Å²) in [5.41, 5.74) is -0.0472. The van der Waals surface area contributed by atoms with Crippen molar-refractivity contribution in [1.82, 2.24) is 0 Å². The van der Waals surface area contributed by atoms with Gasteiger partial charge in [0.25, 0.3) is 0 Å². The van der Waals surface area contributed by atoms with Crippen molar-refractivity contribution in [2.45, 2.75) is 25.4 Å². The van der Waals surface area contributed by atoms with E-state index in [4.69, 9.17) is 0 Å². The highest BCUT2D eigenvalue weighted by Gasteiger charge is 2.12. The Kier molecular flexibility index (Phi) is 4.43. The molecule has 0 saturated carbocycles. The van der Waals surface area contributed by atoms with Crippen LogP contribution in [0.25, 0.3) is 0 Å². The predicted molar refractivity (Wildman–Crippen MR) is 55.5 cm³/mol. The summed E-state index contributed by atoms with van der Waals surface area (Å²) in [5.74, 6) is -1.21. The van der Waals surface area contributed by atoms with E-state index < -0.39 is 17.7 Å². The minimum atomic E-state index is -0.727. The Morgan fingerprint density at radius 1 is 1.33 bits per heavy atom. The van der Waals surface area contributed by atoms with Crippen molar-refractivity contribution in [1.29, 1.82) is 0 Å². The third-order valence-electron chi connectivity index (χ3n) is 2.21. The number of allylic oxidation sites excluding steroid dienone is 1. The van der Waals surface area contributed by atoms with Gasteiger partial charge < -0.3 is 5.11 Å². The fourth-order valence-electron chi connectivity index (χ4n) is 1.38. The van der Waals surface area contributed by atoms with Crippen LogP contribution >= 0.6 is 0 Å². The molecule has 1 atom stereocenters. The molecule has 1 N–H and O–H groups in total. The van der Waals surface area contributed by atoms with Gasteiger partial charge in [-0.15, -0.1) is 6.58 Å². The minimum absolute atomic E-state index is 0.00630. The molecule has 0 heterocycles. The highest BCUT2D eigenvalue weighted by molar-refractivity contribution is 5.20. The van der Waals surface area contributed by atoms with Crippen LogP contribution in [-0.4, -0.2) is 11.2 Å². The SMILES string of the molecule is C=CCCC(O)Cc1c(F)cccc1F. The first-order valence-corrected chi connectivity index (χ1v) is 4.87. The smallest absolute Gasteiger partial charge is 0.129 e. The number of halogens is 2. The van der Waals surface area contributed by atoms with Gasteiger partial charge >= 0.3 is 0 Å². The summed E-state index contributed by atoms with van der Waals surface area (Å²) in [6.07, 6.45) is 2.05. The Hall–Kier alpha value is -1.22. The fraction of sp³-hybridized carbons (Fsp3) is 0.333. The van der Waals surface area contributed by atoms with Crippen LogP contribution in [0.15, 0.2) is 30.9 Å². The van der Waals surface area contributed by atoms with E-state index in [0.29, 0.717) is 12.8 Å². The second-order valence-corrected chi connectivity index (χ2v) is 3.42. The number of hydrogen-bond acceptors (Lipinski definition) is 1. The molecule has 1 nitrogen and oxygen atoms in total. The first kappa shape index (κ1) is 11.9. The molecule has 0 aliphatic carbocycles. The van der Waals surface area contributed by atoms with Crippen molar-refractivity contribution in [3.63, 3.8) is 0 Å². The number of aliphatic hydroxyl groups is 1. The quantitative estimate of drug-likeness (QED) is 0.744. The van der Waals surface area contributed by atoms with Crippen LogP contribution in [0.1, 0.15) is 18.4 Å². The van der Waals surface area contributed by atoms with Gasteiger partial charge in [-0.3, -0.25) is 0 Å². The van der Waals surface area contributed by atoms with Gasteiger partial charge in [0.15, 0.2) is 0 Å². The summed E-state index contributed by atoms with van der Waals surface area (Å²) in [4.78, 5) is 0. The second-order valence-electron chi connectivity index (χ2n) is 3.42. The average molecular weight is 212 g/mol. The van der Waals surface area contributed by atoms with Crippen molar-refractivity contribution in [2.75, 3.05) is 0 Å². The van der Waals surface area contributed by atoms with E-state index in [1.54, 1.807) is 6.08 Å². The van der Waals surface area contributed by atoms with Gasteiger partial charge in [0.2, 0.25) is 0 Å². The summed E-state index contributed by atoms with van der Waals surface area (Å²) in [6, 6.07) is 3.70. The number of rotatable bonds is 5. The Labute approximate surface area is 88.1 Å². The van der Waals surface area contributed by atoms with Crippen LogP contribution in [0.3, 0.4) is 0 Å². The van der Waals surface area contributed by atoms with Gasteiger partial charge in [-0.1, -0.05) is 12.1 Å². The van der Waals surface area contributed by atoms with Crippen molar-refractivity contribution in [3.8, 4) is 0 Å². The third kappa shape index (κ3) is 3.44. The van der Waals surface area contributed by atoms with Crippen molar-refractivity contribution in [2.24, 2.45) is 0 Å². The highest BCUT2D eigenvalue weighted by Crippen LogP contribution is 2.15. The molecule has 0 bridgehead atoms. The lowest BCUT2D eigenvalue weighted by molar-refractivity contribution is 0.163. The molecule has 0 fully saturated rings. The maximum Gasteiger partial charge on any atom is 0.129 e. The maximum absolute atomic E-state index is 13.2. The number of aliphatic hydroxyl groups excluding tert-OH is 1. The normalized spacial score (nSPS) is 12.5. The number of benzene rings is 1. The summed E-state index contributed by atoms with van der Waals surface area (Å²) in [5, 5.41) is 9.50. The van der Waals surface area contributed by atoms with Crippen LogP contribution in [0, 0.1) is 11.6 Å². The zero-order valence-corrected chi connectivity index (χ0v) is 8.42.